The molecule has 0 saturated heterocycles. The summed E-state index contributed by atoms with van der Waals surface area (Å²) in [6.45, 7) is 7.09. The molecule has 0 aliphatic carbocycles. The van der Waals surface area contributed by atoms with Crippen molar-refractivity contribution in [1.29, 1.82) is 0 Å². The van der Waals surface area contributed by atoms with Gasteiger partial charge in [0.15, 0.2) is 0 Å². The van der Waals surface area contributed by atoms with Gasteiger partial charge in [0.2, 0.25) is 0 Å². The van der Waals surface area contributed by atoms with Gasteiger partial charge in [0.25, 0.3) is 0 Å². The highest BCUT2D eigenvalue weighted by atomic mass is 31.2. The van der Waals surface area contributed by atoms with Crippen LogP contribution in [0.4, 0.5) is 0 Å². The molecule has 0 aliphatic heterocycles. The minimum Gasteiger partial charge on any atom is -0.388 e. The van der Waals surface area contributed by atoms with Gasteiger partial charge in [-0.25, -0.2) is 4.57 Å². The lowest BCUT2D eigenvalue weighted by atomic mass is 10.4. The number of methoxy groups -OCH3 is 1. The molecule has 0 radical (unpaired) electrons. The van der Waals surface area contributed by atoms with Crippen LogP contribution in [0.1, 0.15) is 6.42 Å². The smallest absolute Gasteiger partial charge is 0.388 e. The number of rotatable bonds is 40. The van der Waals surface area contributed by atoms with Gasteiger partial charge < -0.3 is 70.6 Å². The first-order chi connectivity index (χ1) is 23.3. The Morgan fingerprint density at radius 3 is 1.19 bits per heavy atom. The highest BCUT2D eigenvalue weighted by Gasteiger charge is 2.36. The molecule has 2 N–H and O–H groups in total. The summed E-state index contributed by atoms with van der Waals surface area (Å²) >= 11 is 0. The van der Waals surface area contributed by atoms with E-state index in [0.29, 0.717) is 118 Å². The molecule has 290 valence electrons. The van der Waals surface area contributed by atoms with Crippen molar-refractivity contribution in [3.8, 4) is 0 Å². The molecule has 0 spiro atoms. The second kappa shape index (κ2) is 35.2. The van der Waals surface area contributed by atoms with Crippen molar-refractivity contribution in [2.75, 3.05) is 167 Å². The molecule has 2 unspecified atom stereocenters. The monoisotopic (exact) mass is 744 g/mol. The second-order valence-electron chi connectivity index (χ2n) is 9.62. The molecule has 18 nitrogen and oxygen atoms in total. The number of hydrogen-bond acceptors (Lipinski definition) is 17. The van der Waals surface area contributed by atoms with Crippen LogP contribution in [0.5, 0.6) is 0 Å². The van der Waals surface area contributed by atoms with Gasteiger partial charge >= 0.3 is 16.6 Å². The topological polar surface area (TPSA) is 196 Å². The summed E-state index contributed by atoms with van der Waals surface area (Å²) in [7, 11) is -0.802. The number of ether oxygens (including phenoxy) is 10. The second-order valence-corrected chi connectivity index (χ2v) is 14.2. The molecule has 0 saturated carbocycles. The molecule has 48 heavy (non-hydrogen) atoms. The Balaban J connectivity index is 3.39. The molecule has 0 aromatic rings. The zero-order valence-electron chi connectivity index (χ0n) is 29.2. The van der Waals surface area contributed by atoms with Crippen LogP contribution < -0.4 is 0 Å². The van der Waals surface area contributed by atoms with Crippen molar-refractivity contribution in [2.24, 2.45) is 0 Å². The predicted molar refractivity (Wildman–Crippen MR) is 173 cm³/mol. The Kier molecular flexibility index (Phi) is 35.0. The van der Waals surface area contributed by atoms with Crippen LogP contribution in [0, 0.1) is 0 Å². The normalized spacial score (nSPS) is 14.0. The fourth-order valence-electron chi connectivity index (χ4n) is 3.43. The molecule has 0 heterocycles. The Labute approximate surface area is 286 Å². The summed E-state index contributed by atoms with van der Waals surface area (Å²) < 4.78 is 90.9. The largest absolute Gasteiger partial charge is 0.500 e. The number of hydrogen-bond donors (Lipinski definition) is 2. The fourth-order valence-corrected chi connectivity index (χ4v) is 5.86. The van der Waals surface area contributed by atoms with Crippen LogP contribution in [0.3, 0.4) is 0 Å². The Bertz CT molecular complexity index is 703. The zero-order chi connectivity index (χ0) is 35.4. The van der Waals surface area contributed by atoms with E-state index in [1.54, 1.807) is 7.11 Å². The van der Waals surface area contributed by atoms with Crippen molar-refractivity contribution in [1.82, 2.24) is 0 Å². The highest BCUT2D eigenvalue weighted by Crippen LogP contribution is 2.42. The third-order valence-corrected chi connectivity index (χ3v) is 9.78. The van der Waals surface area contributed by atoms with Gasteiger partial charge in [-0.3, -0.25) is 9.05 Å². The van der Waals surface area contributed by atoms with E-state index >= 15 is 0 Å². The molecule has 20 heteroatoms. The van der Waals surface area contributed by atoms with E-state index in [-0.39, 0.29) is 26.4 Å². The highest BCUT2D eigenvalue weighted by molar-refractivity contribution is 7.47. The van der Waals surface area contributed by atoms with Gasteiger partial charge in [0.1, 0.15) is 6.10 Å². The summed E-state index contributed by atoms with van der Waals surface area (Å²) in [5, 5.41) is 9.91. The molecule has 0 aromatic heterocycles. The molecular formula is C28H61O18PSi. The van der Waals surface area contributed by atoms with Gasteiger partial charge in [0.05, 0.1) is 132 Å². The Morgan fingerprint density at radius 1 is 0.479 bits per heavy atom. The molecule has 0 aromatic carbocycles. The Hall–Kier alpha value is -0.233. The maximum atomic E-state index is 11.9. The van der Waals surface area contributed by atoms with Crippen LogP contribution in [-0.4, -0.2) is 192 Å². The van der Waals surface area contributed by atoms with E-state index < -0.39 is 29.3 Å². The number of phosphoric acid groups is 1. The van der Waals surface area contributed by atoms with E-state index in [2.05, 4.69) is 0 Å². The molecular weight excluding hydrogens is 683 g/mol. The maximum Gasteiger partial charge on any atom is 0.500 e. The molecule has 0 fully saturated rings. The van der Waals surface area contributed by atoms with E-state index in [4.69, 9.17) is 69.7 Å². The quantitative estimate of drug-likeness (QED) is 0.0501. The van der Waals surface area contributed by atoms with Crippen molar-refractivity contribution in [3.05, 3.63) is 0 Å². The lowest BCUT2D eigenvalue weighted by Crippen LogP contribution is -2.42. The first kappa shape index (κ1) is 47.8. The van der Waals surface area contributed by atoms with Crippen LogP contribution in [0.2, 0.25) is 6.04 Å². The van der Waals surface area contributed by atoms with Gasteiger partial charge in [-0.05, 0) is 6.42 Å². The number of aliphatic hydroxyl groups excluding tert-OH is 1. The summed E-state index contributed by atoms with van der Waals surface area (Å²) in [5.74, 6) is 0. The molecule has 2 atom stereocenters. The minimum atomic E-state index is -4.34. The van der Waals surface area contributed by atoms with Gasteiger partial charge in [-0.15, -0.1) is 0 Å². The summed E-state index contributed by atoms with van der Waals surface area (Å²) in [6, 6.07) is 0.545. The Morgan fingerprint density at radius 2 is 0.833 bits per heavy atom. The average Bonchev–Trinajstić information content (AvgIpc) is 3.09. The van der Waals surface area contributed by atoms with E-state index in [0.717, 1.165) is 0 Å². The molecule has 0 aliphatic rings. The summed E-state index contributed by atoms with van der Waals surface area (Å²) in [5.41, 5.74) is 0. The molecule has 0 bridgehead atoms. The molecule has 0 amide bonds. The first-order valence-corrected chi connectivity index (χ1v) is 19.4. The van der Waals surface area contributed by atoms with Gasteiger partial charge in [0, 0.05) is 41.1 Å². The van der Waals surface area contributed by atoms with Crippen molar-refractivity contribution in [2.45, 2.75) is 18.6 Å². The van der Waals surface area contributed by atoms with Crippen molar-refractivity contribution < 1.29 is 84.3 Å². The fraction of sp³-hybridized carbons (Fsp3) is 1.00. The van der Waals surface area contributed by atoms with E-state index in [1.165, 1.54) is 21.3 Å². The third-order valence-electron chi connectivity index (χ3n) is 5.96. The zero-order valence-corrected chi connectivity index (χ0v) is 31.1. The van der Waals surface area contributed by atoms with Crippen LogP contribution in [0.15, 0.2) is 0 Å². The lowest BCUT2D eigenvalue weighted by molar-refractivity contribution is -0.0251. The molecule has 0 rings (SSSR count). The van der Waals surface area contributed by atoms with Crippen LogP contribution >= 0.6 is 7.82 Å². The van der Waals surface area contributed by atoms with Crippen LogP contribution in [-0.2, 0) is 74.3 Å². The third kappa shape index (κ3) is 31.7. The standard InChI is InChI=1S/C28H61O18PSi/c1-32-7-8-36-9-10-37-11-12-38-13-14-39-15-16-40-17-18-41-19-20-42-21-22-43-23-24-45-47(30,31)46-27-28(29)26-44-6-5-25-48(33-2,34-3)35-4/h28-29H,5-27H2,1-4H3,(H,30,31). The SMILES string of the molecule is COCCOCCOCCOCCOCCOCCOCCOCCOCCOP(=O)(O)OCC(O)COCCC[Si](OC)(OC)OC. The van der Waals surface area contributed by atoms with Crippen molar-refractivity contribution >= 4 is 16.6 Å². The summed E-state index contributed by atoms with van der Waals surface area (Å²) in [6.07, 6.45) is -0.517. The predicted octanol–water partition coefficient (Wildman–Crippen LogP) is 0.545. The number of aliphatic hydroxyl groups is 1. The number of phosphoric ester groups is 1. The first-order valence-electron chi connectivity index (χ1n) is 16.0. The average molecular weight is 745 g/mol. The lowest BCUT2D eigenvalue weighted by Gasteiger charge is -2.24. The van der Waals surface area contributed by atoms with Crippen molar-refractivity contribution in [3.63, 3.8) is 0 Å². The van der Waals surface area contributed by atoms with E-state index in [9.17, 15) is 14.6 Å². The van der Waals surface area contributed by atoms with Gasteiger partial charge in [-0.2, -0.15) is 0 Å². The maximum absolute atomic E-state index is 11.9. The summed E-state index contributed by atoms with van der Waals surface area (Å²) in [4.78, 5) is 9.74. The van der Waals surface area contributed by atoms with E-state index in [1.807, 2.05) is 0 Å². The van der Waals surface area contributed by atoms with Crippen LogP contribution in [0.25, 0.3) is 0 Å². The van der Waals surface area contributed by atoms with Gasteiger partial charge in [-0.1, -0.05) is 0 Å². The minimum absolute atomic E-state index is 0.0597.